The Balaban J connectivity index is 1.51. The molecule has 2 fully saturated rings. The van der Waals surface area contributed by atoms with Crippen LogP contribution in [0.25, 0.3) is 0 Å². The first-order valence-corrected chi connectivity index (χ1v) is 8.57. The molecule has 0 aromatic heterocycles. The van der Waals surface area contributed by atoms with E-state index < -0.39 is 0 Å². The molecule has 0 radical (unpaired) electrons. The zero-order valence-corrected chi connectivity index (χ0v) is 13.8. The van der Waals surface area contributed by atoms with E-state index in [0.717, 1.165) is 45.6 Å². The van der Waals surface area contributed by atoms with Gasteiger partial charge in [-0.05, 0) is 30.5 Å². The highest BCUT2D eigenvalue weighted by Crippen LogP contribution is 2.18. The summed E-state index contributed by atoms with van der Waals surface area (Å²) >= 11 is 0. The monoisotopic (exact) mass is 315 g/mol. The van der Waals surface area contributed by atoms with Gasteiger partial charge < -0.3 is 14.7 Å². The largest absolute Gasteiger partial charge is 0.368 e. The van der Waals surface area contributed by atoms with Gasteiger partial charge in [0.05, 0.1) is 6.54 Å². The molecule has 0 bridgehead atoms. The Bertz CT molecular complexity index is 562. The van der Waals surface area contributed by atoms with E-state index in [2.05, 4.69) is 36.1 Å². The first kappa shape index (κ1) is 15.8. The molecule has 0 atom stereocenters. The summed E-state index contributed by atoms with van der Waals surface area (Å²) in [6.45, 7) is 6.31. The molecule has 5 nitrogen and oxygen atoms in total. The minimum Gasteiger partial charge on any atom is -0.368 e. The molecular weight excluding hydrogens is 290 g/mol. The Kier molecular flexibility index (Phi) is 4.84. The van der Waals surface area contributed by atoms with Gasteiger partial charge in [-0.15, -0.1) is 0 Å². The van der Waals surface area contributed by atoms with Crippen LogP contribution in [0.15, 0.2) is 24.3 Å². The molecule has 0 N–H and O–H groups in total. The SMILES string of the molecule is CCc1ccc(N2CCN(C(=O)CN3CCCC3=O)CC2)cc1. The topological polar surface area (TPSA) is 43.9 Å². The number of nitrogens with zero attached hydrogens (tertiary/aromatic N) is 3. The Morgan fingerprint density at radius 3 is 2.30 bits per heavy atom. The maximum atomic E-state index is 12.3. The third-order valence-corrected chi connectivity index (χ3v) is 4.84. The second-order valence-electron chi connectivity index (χ2n) is 6.31. The van der Waals surface area contributed by atoms with Crippen molar-refractivity contribution in [1.29, 1.82) is 0 Å². The summed E-state index contributed by atoms with van der Waals surface area (Å²) in [6.07, 6.45) is 2.53. The van der Waals surface area contributed by atoms with Crippen LogP contribution in [0.3, 0.4) is 0 Å². The lowest BCUT2D eigenvalue weighted by molar-refractivity contribution is -0.138. The Labute approximate surface area is 137 Å². The van der Waals surface area contributed by atoms with Crippen LogP contribution in [0.4, 0.5) is 5.69 Å². The maximum absolute atomic E-state index is 12.3. The van der Waals surface area contributed by atoms with E-state index in [0.29, 0.717) is 6.42 Å². The van der Waals surface area contributed by atoms with Gasteiger partial charge in [-0.1, -0.05) is 19.1 Å². The lowest BCUT2D eigenvalue weighted by Crippen LogP contribution is -2.51. The first-order chi connectivity index (χ1) is 11.2. The van der Waals surface area contributed by atoms with Gasteiger partial charge >= 0.3 is 0 Å². The summed E-state index contributed by atoms with van der Waals surface area (Å²) in [6, 6.07) is 8.68. The first-order valence-electron chi connectivity index (χ1n) is 8.57. The number of carbonyl (C=O) groups excluding carboxylic acids is 2. The minimum absolute atomic E-state index is 0.0845. The molecular formula is C18H25N3O2. The summed E-state index contributed by atoms with van der Waals surface area (Å²) in [5, 5.41) is 0. The van der Waals surface area contributed by atoms with Crippen LogP contribution in [0, 0.1) is 0 Å². The van der Waals surface area contributed by atoms with E-state index in [1.165, 1.54) is 11.3 Å². The molecule has 0 saturated carbocycles. The average molecular weight is 315 g/mol. The fourth-order valence-corrected chi connectivity index (χ4v) is 3.29. The van der Waals surface area contributed by atoms with Gasteiger partial charge in [0.25, 0.3) is 0 Å². The number of aryl methyl sites for hydroxylation is 1. The fourth-order valence-electron chi connectivity index (χ4n) is 3.29. The highest BCUT2D eigenvalue weighted by molar-refractivity contribution is 5.86. The number of hydrogen-bond acceptors (Lipinski definition) is 3. The van der Waals surface area contributed by atoms with Crippen LogP contribution >= 0.6 is 0 Å². The second-order valence-corrected chi connectivity index (χ2v) is 6.31. The number of piperazine rings is 1. The van der Waals surface area contributed by atoms with Gasteiger partial charge in [0.1, 0.15) is 0 Å². The van der Waals surface area contributed by atoms with Gasteiger partial charge in [-0.3, -0.25) is 9.59 Å². The van der Waals surface area contributed by atoms with Crippen molar-refractivity contribution in [2.75, 3.05) is 44.2 Å². The van der Waals surface area contributed by atoms with Gasteiger partial charge in [0.15, 0.2) is 0 Å². The second kappa shape index (κ2) is 7.02. The van der Waals surface area contributed by atoms with Crippen LogP contribution in [-0.2, 0) is 16.0 Å². The van der Waals surface area contributed by atoms with Crippen molar-refractivity contribution in [3.63, 3.8) is 0 Å². The van der Waals surface area contributed by atoms with Crippen LogP contribution in [-0.4, -0.2) is 60.9 Å². The quantitative estimate of drug-likeness (QED) is 0.846. The van der Waals surface area contributed by atoms with Crippen molar-refractivity contribution < 1.29 is 9.59 Å². The normalized spacial score (nSPS) is 18.7. The van der Waals surface area contributed by atoms with E-state index in [1.807, 2.05) is 4.90 Å². The number of carbonyl (C=O) groups is 2. The molecule has 0 unspecified atom stereocenters. The molecule has 1 aromatic rings. The van der Waals surface area contributed by atoms with Gasteiger partial charge in [0.2, 0.25) is 11.8 Å². The van der Waals surface area contributed by atoms with Crippen LogP contribution in [0.5, 0.6) is 0 Å². The minimum atomic E-state index is 0.0845. The third kappa shape index (κ3) is 3.66. The lowest BCUT2D eigenvalue weighted by atomic mass is 10.1. The van der Waals surface area contributed by atoms with Crippen molar-refractivity contribution in [3.8, 4) is 0 Å². The lowest BCUT2D eigenvalue weighted by Gasteiger charge is -2.36. The highest BCUT2D eigenvalue weighted by atomic mass is 16.2. The number of amides is 2. The van der Waals surface area contributed by atoms with Crippen molar-refractivity contribution in [1.82, 2.24) is 9.80 Å². The predicted octanol–water partition coefficient (Wildman–Crippen LogP) is 1.52. The zero-order valence-electron chi connectivity index (χ0n) is 13.8. The van der Waals surface area contributed by atoms with Gasteiger partial charge in [-0.25, -0.2) is 0 Å². The highest BCUT2D eigenvalue weighted by Gasteiger charge is 2.26. The van der Waals surface area contributed by atoms with E-state index in [4.69, 9.17) is 0 Å². The molecule has 3 rings (SSSR count). The summed E-state index contributed by atoms with van der Waals surface area (Å²) in [4.78, 5) is 29.9. The van der Waals surface area contributed by atoms with Crippen molar-refractivity contribution in [2.24, 2.45) is 0 Å². The summed E-state index contributed by atoms with van der Waals surface area (Å²) in [5.74, 6) is 0.203. The maximum Gasteiger partial charge on any atom is 0.242 e. The molecule has 2 aliphatic rings. The van der Waals surface area contributed by atoms with E-state index in [9.17, 15) is 9.59 Å². The molecule has 0 aliphatic carbocycles. The van der Waals surface area contributed by atoms with Crippen molar-refractivity contribution >= 4 is 17.5 Å². The Morgan fingerprint density at radius 1 is 1.04 bits per heavy atom. The molecule has 0 spiro atoms. The molecule has 2 amide bonds. The van der Waals surface area contributed by atoms with Crippen molar-refractivity contribution in [2.45, 2.75) is 26.2 Å². The Morgan fingerprint density at radius 2 is 1.74 bits per heavy atom. The molecule has 124 valence electrons. The zero-order chi connectivity index (χ0) is 16.2. The number of likely N-dealkylation sites (tertiary alicyclic amines) is 1. The molecule has 2 aliphatic heterocycles. The predicted molar refractivity (Wildman–Crippen MR) is 90.4 cm³/mol. The third-order valence-electron chi connectivity index (χ3n) is 4.84. The number of benzene rings is 1. The fraction of sp³-hybridized carbons (Fsp3) is 0.556. The smallest absolute Gasteiger partial charge is 0.242 e. The molecule has 2 heterocycles. The van der Waals surface area contributed by atoms with E-state index >= 15 is 0 Å². The summed E-state index contributed by atoms with van der Waals surface area (Å²) in [5.41, 5.74) is 2.57. The van der Waals surface area contributed by atoms with Crippen molar-refractivity contribution in [3.05, 3.63) is 29.8 Å². The molecule has 5 heteroatoms. The van der Waals surface area contributed by atoms with Crippen LogP contribution < -0.4 is 4.90 Å². The number of hydrogen-bond donors (Lipinski definition) is 0. The van der Waals surface area contributed by atoms with E-state index in [1.54, 1.807) is 4.90 Å². The van der Waals surface area contributed by atoms with Crippen LogP contribution in [0.1, 0.15) is 25.3 Å². The molecule has 2 saturated heterocycles. The molecule has 1 aromatic carbocycles. The summed E-state index contributed by atoms with van der Waals surface area (Å²) < 4.78 is 0. The van der Waals surface area contributed by atoms with Gasteiger partial charge in [-0.2, -0.15) is 0 Å². The average Bonchev–Trinajstić information content (AvgIpc) is 3.00. The van der Waals surface area contributed by atoms with Crippen LogP contribution in [0.2, 0.25) is 0 Å². The van der Waals surface area contributed by atoms with Gasteiger partial charge in [0, 0.05) is 44.8 Å². The number of anilines is 1. The van der Waals surface area contributed by atoms with E-state index in [-0.39, 0.29) is 18.4 Å². The molecule has 23 heavy (non-hydrogen) atoms. The Hall–Kier alpha value is -2.04. The summed E-state index contributed by atoms with van der Waals surface area (Å²) in [7, 11) is 0. The number of rotatable bonds is 4. The standard InChI is InChI=1S/C18H25N3O2/c1-2-15-5-7-16(8-6-15)19-10-12-20(13-11-19)18(23)14-21-9-3-4-17(21)22/h5-8H,2-4,9-14H2,1H3.